The lowest BCUT2D eigenvalue weighted by Gasteiger charge is -2.19. The summed E-state index contributed by atoms with van der Waals surface area (Å²) < 4.78 is 5.09. The van der Waals surface area contributed by atoms with Crippen LogP contribution in [0.5, 0.6) is 0 Å². The second-order valence-corrected chi connectivity index (χ2v) is 2.84. The van der Waals surface area contributed by atoms with E-state index in [2.05, 4.69) is 0 Å². The van der Waals surface area contributed by atoms with Crippen molar-refractivity contribution in [1.29, 1.82) is 0 Å². The monoisotopic (exact) mass is 129 g/mol. The van der Waals surface area contributed by atoms with Crippen molar-refractivity contribution in [3.63, 3.8) is 0 Å². The van der Waals surface area contributed by atoms with E-state index in [0.717, 1.165) is 0 Å². The zero-order valence-electron chi connectivity index (χ0n) is 5.68. The van der Waals surface area contributed by atoms with E-state index >= 15 is 0 Å². The molecule has 1 aliphatic rings. The first kappa shape index (κ1) is 6.71. The summed E-state index contributed by atoms with van der Waals surface area (Å²) in [5, 5.41) is 0. The maximum absolute atomic E-state index is 10.7. The molecule has 1 unspecified atom stereocenters. The van der Waals surface area contributed by atoms with Crippen molar-refractivity contribution in [2.45, 2.75) is 25.5 Å². The van der Waals surface area contributed by atoms with Crippen LogP contribution in [0.4, 0.5) is 0 Å². The minimum atomic E-state index is -0.447. The van der Waals surface area contributed by atoms with E-state index in [1.807, 2.05) is 13.8 Å². The normalized spacial score (nSPS) is 33.2. The lowest BCUT2D eigenvalue weighted by atomic mass is 10.00. The molecule has 1 heterocycles. The molecule has 52 valence electrons. The van der Waals surface area contributed by atoms with Gasteiger partial charge in [-0.05, 0) is 13.8 Å². The first-order chi connectivity index (χ1) is 4.04. The van der Waals surface area contributed by atoms with Crippen molar-refractivity contribution >= 4 is 5.78 Å². The summed E-state index contributed by atoms with van der Waals surface area (Å²) in [6.45, 7) is 3.82. The zero-order chi connectivity index (χ0) is 7.07. The molecule has 0 saturated carbocycles. The van der Waals surface area contributed by atoms with E-state index in [1.165, 1.54) is 0 Å². The van der Waals surface area contributed by atoms with Crippen LogP contribution in [0.2, 0.25) is 0 Å². The molecule has 3 nitrogen and oxygen atoms in total. The standard InChI is InChI=1S/C6H11NO2/c1-6(2)5(7)4(8)3-9-6/h5H,3,7H2,1-2H3. The Morgan fingerprint density at radius 2 is 2.33 bits per heavy atom. The third kappa shape index (κ3) is 0.976. The van der Waals surface area contributed by atoms with Gasteiger partial charge in [-0.25, -0.2) is 0 Å². The molecule has 1 rings (SSSR count). The van der Waals surface area contributed by atoms with Gasteiger partial charge in [-0.2, -0.15) is 0 Å². The number of carbonyl (C=O) groups excluding carboxylic acids is 1. The van der Waals surface area contributed by atoms with Crippen LogP contribution in [0.25, 0.3) is 0 Å². The minimum Gasteiger partial charge on any atom is -0.366 e. The number of hydrogen-bond acceptors (Lipinski definition) is 3. The fourth-order valence-corrected chi connectivity index (χ4v) is 0.824. The molecule has 0 radical (unpaired) electrons. The maximum atomic E-state index is 10.7. The largest absolute Gasteiger partial charge is 0.366 e. The second-order valence-electron chi connectivity index (χ2n) is 2.84. The molecule has 0 spiro atoms. The summed E-state index contributed by atoms with van der Waals surface area (Å²) in [5.41, 5.74) is 5.03. The van der Waals surface area contributed by atoms with Crippen LogP contribution in [-0.4, -0.2) is 24.0 Å². The van der Waals surface area contributed by atoms with Crippen LogP contribution in [-0.2, 0) is 9.53 Å². The molecule has 1 aliphatic heterocycles. The number of ketones is 1. The van der Waals surface area contributed by atoms with Gasteiger partial charge in [-0.3, -0.25) is 4.79 Å². The molecule has 0 aliphatic carbocycles. The molecule has 0 amide bonds. The van der Waals surface area contributed by atoms with Crippen LogP contribution in [0.15, 0.2) is 0 Å². The Kier molecular flexibility index (Phi) is 1.33. The van der Waals surface area contributed by atoms with Gasteiger partial charge < -0.3 is 10.5 Å². The van der Waals surface area contributed by atoms with Crippen molar-refractivity contribution in [2.75, 3.05) is 6.61 Å². The van der Waals surface area contributed by atoms with E-state index < -0.39 is 11.6 Å². The van der Waals surface area contributed by atoms with Gasteiger partial charge in [0.05, 0.1) is 11.6 Å². The molecule has 9 heavy (non-hydrogen) atoms. The summed E-state index contributed by atoms with van der Waals surface area (Å²) in [5.74, 6) is 0. The summed E-state index contributed by atoms with van der Waals surface area (Å²) in [6, 6.07) is -0.433. The molecule has 0 aromatic carbocycles. The first-order valence-corrected chi connectivity index (χ1v) is 2.96. The molecular weight excluding hydrogens is 118 g/mol. The number of Topliss-reactive ketones (excluding diaryl/α,β-unsaturated/α-hetero) is 1. The minimum absolute atomic E-state index is 0. The Morgan fingerprint density at radius 1 is 1.78 bits per heavy atom. The van der Waals surface area contributed by atoms with Crippen molar-refractivity contribution in [3.05, 3.63) is 0 Å². The van der Waals surface area contributed by atoms with Gasteiger partial charge in [0.25, 0.3) is 0 Å². The van der Waals surface area contributed by atoms with Crippen LogP contribution < -0.4 is 5.73 Å². The van der Waals surface area contributed by atoms with Gasteiger partial charge in [0, 0.05) is 0 Å². The van der Waals surface area contributed by atoms with E-state index in [0.29, 0.717) is 0 Å². The average molecular weight is 129 g/mol. The van der Waals surface area contributed by atoms with Gasteiger partial charge in [0.2, 0.25) is 0 Å². The number of nitrogens with two attached hydrogens (primary N) is 1. The lowest BCUT2D eigenvalue weighted by Crippen LogP contribution is -2.42. The van der Waals surface area contributed by atoms with Crippen molar-refractivity contribution < 1.29 is 9.53 Å². The summed E-state index contributed by atoms with van der Waals surface area (Å²) in [7, 11) is 0. The molecule has 1 atom stereocenters. The van der Waals surface area contributed by atoms with Crippen LogP contribution in [0, 0.1) is 0 Å². The highest BCUT2D eigenvalue weighted by Gasteiger charge is 2.39. The third-order valence-corrected chi connectivity index (χ3v) is 1.68. The lowest BCUT2D eigenvalue weighted by molar-refractivity contribution is -0.118. The molecule has 0 aromatic rings. The fourth-order valence-electron chi connectivity index (χ4n) is 0.824. The summed E-state index contributed by atoms with van der Waals surface area (Å²) >= 11 is 0. The third-order valence-electron chi connectivity index (χ3n) is 1.68. The predicted octanol–water partition coefficient (Wildman–Crippen LogP) is -0.308. The van der Waals surface area contributed by atoms with Crippen LogP contribution in [0.3, 0.4) is 0 Å². The van der Waals surface area contributed by atoms with Crippen molar-refractivity contribution in [2.24, 2.45) is 5.73 Å². The smallest absolute Gasteiger partial charge is 0.178 e. The van der Waals surface area contributed by atoms with Gasteiger partial charge in [0.1, 0.15) is 6.61 Å². The molecule has 2 N–H and O–H groups in total. The van der Waals surface area contributed by atoms with Crippen LogP contribution >= 0.6 is 0 Å². The van der Waals surface area contributed by atoms with Gasteiger partial charge in [0.15, 0.2) is 5.78 Å². The SMILES string of the molecule is CC1(C)OCC(=O)C1N. The van der Waals surface area contributed by atoms with Gasteiger partial charge in [-0.15, -0.1) is 0 Å². The highest BCUT2D eigenvalue weighted by Crippen LogP contribution is 2.19. The van der Waals surface area contributed by atoms with E-state index in [9.17, 15) is 4.79 Å². The number of carbonyl (C=O) groups is 1. The molecular formula is C6H11NO2. The molecule has 1 fully saturated rings. The highest BCUT2D eigenvalue weighted by molar-refractivity contribution is 5.88. The highest BCUT2D eigenvalue weighted by atomic mass is 16.5. The summed E-state index contributed by atoms with van der Waals surface area (Å²) in [6.07, 6.45) is 0. The van der Waals surface area contributed by atoms with E-state index in [4.69, 9.17) is 10.5 Å². The Bertz CT molecular complexity index is 142. The number of rotatable bonds is 0. The quantitative estimate of drug-likeness (QED) is 0.488. The first-order valence-electron chi connectivity index (χ1n) is 2.96. The molecule has 1 saturated heterocycles. The molecule has 3 heteroatoms. The second kappa shape index (κ2) is 1.78. The van der Waals surface area contributed by atoms with E-state index in [1.54, 1.807) is 0 Å². The summed E-state index contributed by atoms with van der Waals surface area (Å²) in [4.78, 5) is 10.7. The van der Waals surface area contributed by atoms with Gasteiger partial charge >= 0.3 is 0 Å². The Hall–Kier alpha value is -0.410. The maximum Gasteiger partial charge on any atom is 0.178 e. The van der Waals surface area contributed by atoms with Gasteiger partial charge in [-0.1, -0.05) is 0 Å². The van der Waals surface area contributed by atoms with Crippen LogP contribution in [0.1, 0.15) is 13.8 Å². The van der Waals surface area contributed by atoms with Crippen molar-refractivity contribution in [3.8, 4) is 0 Å². The fraction of sp³-hybridized carbons (Fsp3) is 0.833. The molecule has 0 aromatic heterocycles. The molecule has 0 bridgehead atoms. The zero-order valence-corrected chi connectivity index (χ0v) is 5.68. The predicted molar refractivity (Wildman–Crippen MR) is 33.0 cm³/mol. The topological polar surface area (TPSA) is 52.3 Å². The van der Waals surface area contributed by atoms with E-state index in [-0.39, 0.29) is 12.4 Å². The number of ether oxygens (including phenoxy) is 1. The number of hydrogen-bond donors (Lipinski definition) is 1. The Balaban J connectivity index is 2.73. The average Bonchev–Trinajstić information content (AvgIpc) is 1.97. The Morgan fingerprint density at radius 3 is 2.44 bits per heavy atom. The van der Waals surface area contributed by atoms with Crippen molar-refractivity contribution in [1.82, 2.24) is 0 Å². The Labute approximate surface area is 54.2 Å².